The monoisotopic (exact) mass is 383 g/mol. The minimum atomic E-state index is -1.27. The number of aliphatic hydroxyl groups is 1. The second kappa shape index (κ2) is 8.10. The van der Waals surface area contributed by atoms with Crippen LogP contribution >= 0.6 is 0 Å². The lowest BCUT2D eigenvalue weighted by molar-refractivity contribution is -0.120. The number of amides is 2. The number of para-hydroxylation sites is 1. The van der Waals surface area contributed by atoms with E-state index in [0.29, 0.717) is 24.2 Å². The molecule has 8 heteroatoms. The first-order valence-corrected chi connectivity index (χ1v) is 8.80. The van der Waals surface area contributed by atoms with Crippen LogP contribution in [0.3, 0.4) is 0 Å². The highest BCUT2D eigenvalue weighted by molar-refractivity contribution is 5.98. The van der Waals surface area contributed by atoms with Crippen molar-refractivity contribution < 1.29 is 19.1 Å². The van der Waals surface area contributed by atoms with E-state index in [1.165, 1.54) is 0 Å². The second-order valence-corrected chi connectivity index (χ2v) is 6.53. The lowest BCUT2D eigenvalue weighted by Crippen LogP contribution is -2.47. The smallest absolute Gasteiger partial charge is 0.349 e. The second-order valence-electron chi connectivity index (χ2n) is 6.53. The van der Waals surface area contributed by atoms with Gasteiger partial charge in [0.05, 0.1) is 6.61 Å². The largest absolute Gasteiger partial charge is 0.427 e. The molecular formula is C20H21N3O5. The molecule has 3 rings (SSSR count). The van der Waals surface area contributed by atoms with E-state index >= 15 is 0 Å². The molecule has 0 saturated carbocycles. The standard InChI is InChI=1S/C20H21N3O5/c1-11-8-13(7-6-12-9-22-15-5-3-2-4-14(12)15)28-20(27)17(11)19(26)23-16(10-24)18(21)25/h2-5,8-9,16,22,24H,6-7,10H2,1H3,(H2,21,25)(H,23,26)/t16-/m0/s1. The van der Waals surface area contributed by atoms with Crippen molar-refractivity contribution in [2.75, 3.05) is 6.61 Å². The molecule has 0 spiro atoms. The van der Waals surface area contributed by atoms with Gasteiger partial charge in [0.1, 0.15) is 17.4 Å². The number of aromatic amines is 1. The van der Waals surface area contributed by atoms with E-state index in [2.05, 4.69) is 10.3 Å². The third-order valence-electron chi connectivity index (χ3n) is 4.57. The van der Waals surface area contributed by atoms with Crippen molar-refractivity contribution >= 4 is 22.7 Å². The number of fused-ring (bicyclic) bond motifs is 1. The molecule has 28 heavy (non-hydrogen) atoms. The van der Waals surface area contributed by atoms with E-state index in [1.807, 2.05) is 30.5 Å². The molecule has 2 heterocycles. The van der Waals surface area contributed by atoms with Gasteiger partial charge in [0.2, 0.25) is 5.91 Å². The topological polar surface area (TPSA) is 138 Å². The van der Waals surface area contributed by atoms with Crippen molar-refractivity contribution in [2.45, 2.75) is 25.8 Å². The highest BCUT2D eigenvalue weighted by atomic mass is 16.4. The van der Waals surface area contributed by atoms with E-state index in [9.17, 15) is 14.4 Å². The number of aliphatic hydroxyl groups excluding tert-OH is 1. The summed E-state index contributed by atoms with van der Waals surface area (Å²) in [5.41, 5.74) is 6.63. The first-order chi connectivity index (χ1) is 13.4. The third kappa shape index (κ3) is 3.96. The molecule has 8 nitrogen and oxygen atoms in total. The van der Waals surface area contributed by atoms with Crippen molar-refractivity contribution in [1.29, 1.82) is 0 Å². The number of benzene rings is 1. The molecule has 5 N–H and O–H groups in total. The quantitative estimate of drug-likeness (QED) is 0.478. The van der Waals surface area contributed by atoms with E-state index in [1.54, 1.807) is 13.0 Å². The first kappa shape index (κ1) is 19.4. The fraction of sp³-hybridized carbons (Fsp3) is 0.250. The number of carbonyl (C=O) groups excluding carboxylic acids is 2. The van der Waals surface area contributed by atoms with Crippen molar-refractivity contribution in [3.8, 4) is 0 Å². The summed E-state index contributed by atoms with van der Waals surface area (Å²) in [5.74, 6) is -1.25. The van der Waals surface area contributed by atoms with Gasteiger partial charge in [-0.1, -0.05) is 18.2 Å². The van der Waals surface area contributed by atoms with E-state index in [-0.39, 0.29) is 5.56 Å². The summed E-state index contributed by atoms with van der Waals surface area (Å²) in [5, 5.41) is 12.4. The van der Waals surface area contributed by atoms with Gasteiger partial charge in [-0.15, -0.1) is 0 Å². The number of primary amides is 1. The normalized spacial score (nSPS) is 12.1. The Morgan fingerprint density at radius 3 is 2.71 bits per heavy atom. The molecule has 0 aliphatic heterocycles. The van der Waals surface area contributed by atoms with Crippen LogP contribution in [0, 0.1) is 6.92 Å². The van der Waals surface area contributed by atoms with Crippen LogP contribution in [0.5, 0.6) is 0 Å². The Bertz CT molecular complexity index is 1080. The van der Waals surface area contributed by atoms with Gasteiger partial charge in [-0.3, -0.25) is 9.59 Å². The first-order valence-electron chi connectivity index (χ1n) is 8.80. The van der Waals surface area contributed by atoms with Gasteiger partial charge in [-0.05, 0) is 36.6 Å². The molecule has 2 aromatic heterocycles. The Morgan fingerprint density at radius 1 is 1.29 bits per heavy atom. The Morgan fingerprint density at radius 2 is 2.04 bits per heavy atom. The van der Waals surface area contributed by atoms with Crippen LogP contribution in [0.15, 0.2) is 45.7 Å². The number of aromatic nitrogens is 1. The van der Waals surface area contributed by atoms with Gasteiger partial charge in [-0.2, -0.15) is 0 Å². The fourth-order valence-electron chi connectivity index (χ4n) is 3.10. The van der Waals surface area contributed by atoms with E-state index in [4.69, 9.17) is 15.3 Å². The maximum absolute atomic E-state index is 12.3. The predicted octanol–water partition coefficient (Wildman–Crippen LogP) is 0.791. The zero-order chi connectivity index (χ0) is 20.3. The fourth-order valence-corrected chi connectivity index (χ4v) is 3.10. The van der Waals surface area contributed by atoms with Gasteiger partial charge < -0.3 is 25.6 Å². The van der Waals surface area contributed by atoms with Crippen molar-refractivity contribution in [3.05, 3.63) is 69.4 Å². The van der Waals surface area contributed by atoms with Crippen LogP contribution in [0.4, 0.5) is 0 Å². The number of aryl methyl sites for hydroxylation is 3. The molecular weight excluding hydrogens is 362 g/mol. The summed E-state index contributed by atoms with van der Waals surface area (Å²) in [6.07, 6.45) is 3.07. The third-order valence-corrected chi connectivity index (χ3v) is 4.57. The molecule has 2 amide bonds. The number of nitrogens with two attached hydrogens (primary N) is 1. The van der Waals surface area contributed by atoms with E-state index < -0.39 is 30.1 Å². The van der Waals surface area contributed by atoms with Gasteiger partial charge in [0.25, 0.3) is 5.91 Å². The van der Waals surface area contributed by atoms with Crippen LogP contribution in [0.1, 0.15) is 27.2 Å². The average molecular weight is 383 g/mol. The van der Waals surface area contributed by atoms with Crippen molar-refractivity contribution in [2.24, 2.45) is 5.73 Å². The van der Waals surface area contributed by atoms with Crippen LogP contribution in [0.25, 0.3) is 10.9 Å². The Kier molecular flexibility index (Phi) is 5.60. The molecule has 0 saturated heterocycles. The number of rotatable bonds is 7. The molecule has 1 aromatic carbocycles. The number of hydrogen-bond acceptors (Lipinski definition) is 5. The highest BCUT2D eigenvalue weighted by Gasteiger charge is 2.22. The molecule has 0 bridgehead atoms. The lowest BCUT2D eigenvalue weighted by atomic mass is 10.1. The zero-order valence-corrected chi connectivity index (χ0v) is 15.3. The summed E-state index contributed by atoms with van der Waals surface area (Å²) in [6, 6.07) is 8.28. The number of nitrogens with one attached hydrogen (secondary N) is 2. The Balaban J connectivity index is 1.77. The van der Waals surface area contributed by atoms with Crippen LogP contribution in [-0.2, 0) is 17.6 Å². The molecule has 0 aliphatic rings. The maximum Gasteiger partial charge on any atom is 0.349 e. The molecule has 3 aromatic rings. The lowest BCUT2D eigenvalue weighted by Gasteiger charge is -2.13. The minimum absolute atomic E-state index is 0.212. The minimum Gasteiger partial charge on any atom is -0.427 e. The Labute approximate surface area is 160 Å². The van der Waals surface area contributed by atoms with Gasteiger partial charge in [0.15, 0.2) is 0 Å². The van der Waals surface area contributed by atoms with Crippen LogP contribution in [-0.4, -0.2) is 34.6 Å². The summed E-state index contributed by atoms with van der Waals surface area (Å²) in [4.78, 5) is 38.9. The van der Waals surface area contributed by atoms with Crippen LogP contribution < -0.4 is 16.7 Å². The zero-order valence-electron chi connectivity index (χ0n) is 15.3. The molecule has 0 radical (unpaired) electrons. The summed E-state index contributed by atoms with van der Waals surface area (Å²) < 4.78 is 5.29. The average Bonchev–Trinajstić information content (AvgIpc) is 3.07. The van der Waals surface area contributed by atoms with Gasteiger partial charge in [0, 0.05) is 23.5 Å². The predicted molar refractivity (Wildman–Crippen MR) is 103 cm³/mol. The van der Waals surface area contributed by atoms with Crippen molar-refractivity contribution in [1.82, 2.24) is 10.3 Å². The molecule has 146 valence electrons. The maximum atomic E-state index is 12.3. The number of H-pyrrole nitrogens is 1. The van der Waals surface area contributed by atoms with Crippen molar-refractivity contribution in [3.63, 3.8) is 0 Å². The molecule has 0 fully saturated rings. The van der Waals surface area contributed by atoms with Gasteiger partial charge in [-0.25, -0.2) is 4.79 Å². The number of carbonyl (C=O) groups is 2. The van der Waals surface area contributed by atoms with Crippen LogP contribution in [0.2, 0.25) is 0 Å². The highest BCUT2D eigenvalue weighted by Crippen LogP contribution is 2.19. The molecule has 0 unspecified atom stereocenters. The molecule has 1 atom stereocenters. The Hall–Kier alpha value is -3.39. The summed E-state index contributed by atoms with van der Waals surface area (Å²) in [6.45, 7) is 0.952. The molecule has 0 aliphatic carbocycles. The summed E-state index contributed by atoms with van der Waals surface area (Å²) >= 11 is 0. The SMILES string of the molecule is Cc1cc(CCc2c[nH]c3ccccc23)oc(=O)c1C(=O)N[C@@H](CO)C(N)=O. The van der Waals surface area contributed by atoms with Gasteiger partial charge >= 0.3 is 5.63 Å². The van der Waals surface area contributed by atoms with E-state index in [0.717, 1.165) is 16.5 Å². The number of hydrogen-bond donors (Lipinski definition) is 4. The summed E-state index contributed by atoms with van der Waals surface area (Å²) in [7, 11) is 0.